The second-order valence-corrected chi connectivity index (χ2v) is 8.57. The molecule has 0 saturated carbocycles. The van der Waals surface area contributed by atoms with E-state index in [0.29, 0.717) is 38.8 Å². The first-order chi connectivity index (χ1) is 14.8. The van der Waals surface area contributed by atoms with Gasteiger partial charge in [-0.2, -0.15) is 5.26 Å². The van der Waals surface area contributed by atoms with Crippen molar-refractivity contribution in [2.45, 2.75) is 11.6 Å². The highest BCUT2D eigenvalue weighted by molar-refractivity contribution is 7.99. The predicted octanol–water partition coefficient (Wildman–Crippen LogP) is 5.50. The van der Waals surface area contributed by atoms with Gasteiger partial charge >= 0.3 is 0 Å². The van der Waals surface area contributed by atoms with Gasteiger partial charge in [0.1, 0.15) is 5.82 Å². The predicted molar refractivity (Wildman–Crippen MR) is 120 cm³/mol. The summed E-state index contributed by atoms with van der Waals surface area (Å²) < 4.78 is 15.4. The molecule has 0 N–H and O–H groups in total. The molecule has 0 atom stereocenters. The van der Waals surface area contributed by atoms with E-state index in [2.05, 4.69) is 10.2 Å². The van der Waals surface area contributed by atoms with Crippen LogP contribution in [0.5, 0.6) is 0 Å². The Labute approximate surface area is 197 Å². The van der Waals surface area contributed by atoms with Crippen LogP contribution in [-0.4, -0.2) is 44.9 Å². The Morgan fingerprint density at radius 2 is 1.97 bits per heavy atom. The van der Waals surface area contributed by atoms with Gasteiger partial charge in [-0.1, -0.05) is 46.6 Å². The number of hydrogen-bond donors (Lipinski definition) is 0. The summed E-state index contributed by atoms with van der Waals surface area (Å²) in [5, 5.41) is 18.3. The van der Waals surface area contributed by atoms with E-state index < -0.39 is 5.82 Å². The van der Waals surface area contributed by atoms with Gasteiger partial charge in [0.2, 0.25) is 5.91 Å². The average Bonchev–Trinajstić information content (AvgIpc) is 3.15. The molecule has 3 rings (SSSR count). The smallest absolute Gasteiger partial charge is 0.232 e. The zero-order valence-corrected chi connectivity index (χ0v) is 19.2. The minimum Gasteiger partial charge on any atom is -0.344 e. The Kier molecular flexibility index (Phi) is 7.79. The molecule has 0 aliphatic rings. The molecule has 6 nitrogen and oxygen atoms in total. The van der Waals surface area contributed by atoms with Crippen LogP contribution in [0.15, 0.2) is 41.6 Å². The summed E-state index contributed by atoms with van der Waals surface area (Å²) >= 11 is 19.5. The molecule has 0 fully saturated rings. The normalized spacial score (nSPS) is 10.7. The second-order valence-electron chi connectivity index (χ2n) is 6.38. The maximum absolute atomic E-state index is 13.7. The van der Waals surface area contributed by atoms with Crippen molar-refractivity contribution in [2.75, 3.05) is 19.3 Å². The maximum Gasteiger partial charge on any atom is 0.232 e. The van der Waals surface area contributed by atoms with Crippen LogP contribution in [0.25, 0.3) is 17.1 Å². The van der Waals surface area contributed by atoms with Gasteiger partial charge in [-0.25, -0.2) is 4.39 Å². The Hall–Kier alpha value is -2.31. The molecule has 0 bridgehead atoms. The number of nitrogens with zero attached hydrogens (tertiary/aromatic N) is 5. The summed E-state index contributed by atoms with van der Waals surface area (Å²) in [4.78, 5) is 13.8. The van der Waals surface area contributed by atoms with Gasteiger partial charge in [0.05, 0.1) is 34.0 Å². The monoisotopic (exact) mass is 497 g/mol. The summed E-state index contributed by atoms with van der Waals surface area (Å²) in [6.45, 7) is 0.335. The molecule has 0 aliphatic carbocycles. The summed E-state index contributed by atoms with van der Waals surface area (Å²) in [7, 11) is 1.63. The number of halogens is 4. The molecule has 0 radical (unpaired) electrons. The number of thioether (sulfide) groups is 1. The van der Waals surface area contributed by atoms with Crippen molar-refractivity contribution >= 4 is 52.5 Å². The van der Waals surface area contributed by atoms with E-state index in [-0.39, 0.29) is 23.1 Å². The Morgan fingerprint density at radius 1 is 1.19 bits per heavy atom. The van der Waals surface area contributed by atoms with Gasteiger partial charge in [0, 0.05) is 24.2 Å². The van der Waals surface area contributed by atoms with Crippen molar-refractivity contribution in [3.63, 3.8) is 0 Å². The summed E-state index contributed by atoms with van der Waals surface area (Å²) in [6, 6.07) is 11.2. The molecule has 1 aromatic heterocycles. The van der Waals surface area contributed by atoms with Crippen LogP contribution in [0, 0.1) is 17.1 Å². The van der Waals surface area contributed by atoms with Crippen molar-refractivity contribution in [3.05, 3.63) is 57.3 Å². The lowest BCUT2D eigenvalue weighted by atomic mass is 10.2. The number of carbonyl (C=O) groups excluding carboxylic acids is 1. The van der Waals surface area contributed by atoms with Crippen LogP contribution in [0.1, 0.15) is 6.42 Å². The van der Waals surface area contributed by atoms with E-state index in [4.69, 9.17) is 40.1 Å². The lowest BCUT2D eigenvalue weighted by Gasteiger charge is -2.15. The quantitative estimate of drug-likeness (QED) is 0.402. The lowest BCUT2D eigenvalue weighted by molar-refractivity contribution is -0.127. The molecule has 0 saturated heterocycles. The Morgan fingerprint density at radius 3 is 2.65 bits per heavy atom. The fraction of sp³-hybridized carbons (Fsp3) is 0.200. The molecule has 0 aliphatic heterocycles. The maximum atomic E-state index is 13.7. The van der Waals surface area contributed by atoms with Crippen LogP contribution in [0.3, 0.4) is 0 Å². The van der Waals surface area contributed by atoms with E-state index in [1.54, 1.807) is 29.8 Å². The van der Waals surface area contributed by atoms with E-state index in [1.807, 2.05) is 6.07 Å². The van der Waals surface area contributed by atoms with E-state index in [0.717, 1.165) is 11.8 Å². The van der Waals surface area contributed by atoms with Gasteiger partial charge in [-0.3, -0.25) is 9.36 Å². The standard InChI is InChI=1S/C20H15Cl3FN5OS/c1-28(8-2-7-25)18(30)11-31-20-27-26-19(14-5-3-12(21)9-15(14)22)29(20)13-4-6-17(24)16(23)10-13/h3-6,9-10H,2,8,11H2,1H3. The number of hydrogen-bond acceptors (Lipinski definition) is 5. The van der Waals surface area contributed by atoms with Gasteiger partial charge in [0.15, 0.2) is 11.0 Å². The van der Waals surface area contributed by atoms with Crippen LogP contribution < -0.4 is 0 Å². The molecule has 1 heterocycles. The van der Waals surface area contributed by atoms with E-state index in [1.165, 1.54) is 23.1 Å². The van der Waals surface area contributed by atoms with E-state index in [9.17, 15) is 9.18 Å². The third kappa shape index (κ3) is 5.49. The number of rotatable bonds is 7. The van der Waals surface area contributed by atoms with Crippen molar-refractivity contribution in [2.24, 2.45) is 0 Å². The molecule has 3 aromatic rings. The summed E-state index contributed by atoms with van der Waals surface area (Å²) in [6.07, 6.45) is 0.246. The van der Waals surface area contributed by atoms with Crippen molar-refractivity contribution < 1.29 is 9.18 Å². The zero-order chi connectivity index (χ0) is 22.5. The molecule has 31 heavy (non-hydrogen) atoms. The largest absolute Gasteiger partial charge is 0.344 e. The van der Waals surface area contributed by atoms with Gasteiger partial charge in [-0.15, -0.1) is 10.2 Å². The molecule has 1 amide bonds. The van der Waals surface area contributed by atoms with E-state index >= 15 is 0 Å². The Bertz CT molecular complexity index is 1160. The number of amides is 1. The third-order valence-corrected chi connectivity index (χ3v) is 6.03. The highest BCUT2D eigenvalue weighted by atomic mass is 35.5. The van der Waals surface area contributed by atoms with Gasteiger partial charge in [-0.05, 0) is 36.4 Å². The fourth-order valence-electron chi connectivity index (χ4n) is 2.64. The first-order valence-electron chi connectivity index (χ1n) is 8.91. The van der Waals surface area contributed by atoms with Gasteiger partial charge < -0.3 is 4.90 Å². The molecule has 11 heteroatoms. The van der Waals surface area contributed by atoms with Crippen LogP contribution in [0.4, 0.5) is 4.39 Å². The van der Waals surface area contributed by atoms with Crippen molar-refractivity contribution in [1.29, 1.82) is 5.26 Å². The minimum absolute atomic E-state index is 0.0670. The number of nitriles is 1. The van der Waals surface area contributed by atoms with Crippen molar-refractivity contribution in [3.8, 4) is 23.1 Å². The summed E-state index contributed by atoms with van der Waals surface area (Å²) in [5.74, 6) is -0.271. The molecule has 0 unspecified atom stereocenters. The number of carbonyl (C=O) groups is 1. The second kappa shape index (κ2) is 10.3. The topological polar surface area (TPSA) is 74.8 Å². The van der Waals surface area contributed by atoms with Crippen LogP contribution in [-0.2, 0) is 4.79 Å². The van der Waals surface area contributed by atoms with Crippen LogP contribution in [0.2, 0.25) is 15.1 Å². The lowest BCUT2D eigenvalue weighted by Crippen LogP contribution is -2.29. The number of aromatic nitrogens is 3. The van der Waals surface area contributed by atoms with Crippen molar-refractivity contribution in [1.82, 2.24) is 19.7 Å². The first-order valence-corrected chi connectivity index (χ1v) is 11.0. The van der Waals surface area contributed by atoms with Gasteiger partial charge in [0.25, 0.3) is 0 Å². The molecule has 160 valence electrons. The SMILES string of the molecule is CN(CCC#N)C(=O)CSc1nnc(-c2ccc(Cl)cc2Cl)n1-c1ccc(F)c(Cl)c1. The molecule has 0 spiro atoms. The Balaban J connectivity index is 2.00. The van der Waals surface area contributed by atoms with Crippen LogP contribution >= 0.6 is 46.6 Å². The average molecular weight is 499 g/mol. The number of benzene rings is 2. The third-order valence-electron chi connectivity index (χ3n) is 4.28. The minimum atomic E-state index is -0.562. The zero-order valence-electron chi connectivity index (χ0n) is 16.1. The molecular weight excluding hydrogens is 484 g/mol. The fourth-order valence-corrected chi connectivity index (χ4v) is 4.20. The molecule has 2 aromatic carbocycles. The molecular formula is C20H15Cl3FN5OS. The summed E-state index contributed by atoms with van der Waals surface area (Å²) in [5.41, 5.74) is 1.06. The highest BCUT2D eigenvalue weighted by Crippen LogP contribution is 2.34. The first kappa shape index (κ1) is 23.4. The highest BCUT2D eigenvalue weighted by Gasteiger charge is 2.20.